The lowest BCUT2D eigenvalue weighted by Crippen LogP contribution is -2.37. The second-order valence-electron chi connectivity index (χ2n) is 5.29. The molecule has 1 N–H and O–H groups in total. The van der Waals surface area contributed by atoms with Crippen molar-refractivity contribution in [3.05, 3.63) is 47.1 Å². The minimum absolute atomic E-state index is 0.350. The van der Waals surface area contributed by atoms with Gasteiger partial charge in [-0.3, -0.25) is 4.79 Å². The molecule has 1 saturated heterocycles. The van der Waals surface area contributed by atoms with E-state index in [1.807, 2.05) is 18.2 Å². The summed E-state index contributed by atoms with van der Waals surface area (Å²) in [5.41, 5.74) is 0.969. The molecular formula is C16H18N2O2. The van der Waals surface area contributed by atoms with Crippen molar-refractivity contribution in [1.82, 2.24) is 4.90 Å². The van der Waals surface area contributed by atoms with Crippen LogP contribution in [-0.4, -0.2) is 35.1 Å². The Bertz CT molecular complexity index is 672. The summed E-state index contributed by atoms with van der Waals surface area (Å²) in [6, 6.07) is 7.30. The maximum absolute atomic E-state index is 12.0. The van der Waals surface area contributed by atoms with Gasteiger partial charge in [-0.1, -0.05) is 24.8 Å². The molecule has 1 aromatic rings. The monoisotopic (exact) mass is 270 g/mol. The van der Waals surface area contributed by atoms with Gasteiger partial charge in [-0.25, -0.2) is 4.99 Å². The molecule has 0 aromatic heterocycles. The fourth-order valence-electron chi connectivity index (χ4n) is 2.87. The average molecular weight is 270 g/mol. The zero-order valence-electron chi connectivity index (χ0n) is 11.4. The van der Waals surface area contributed by atoms with E-state index in [4.69, 9.17) is 0 Å². The molecule has 4 nitrogen and oxygen atoms in total. The molecule has 0 bridgehead atoms. The number of aliphatic hydroxyl groups excluding tert-OH is 1. The van der Waals surface area contributed by atoms with E-state index in [-0.39, 0.29) is 5.91 Å². The van der Waals surface area contributed by atoms with Gasteiger partial charge < -0.3 is 10.0 Å². The van der Waals surface area contributed by atoms with Gasteiger partial charge in [-0.15, -0.1) is 0 Å². The van der Waals surface area contributed by atoms with Gasteiger partial charge in [0.1, 0.15) is 6.10 Å². The quantitative estimate of drug-likeness (QED) is 0.862. The van der Waals surface area contributed by atoms with Gasteiger partial charge in [0.15, 0.2) is 0 Å². The molecule has 1 aromatic carbocycles. The number of piperidine rings is 1. The molecule has 0 radical (unpaired) electrons. The number of hydrogen-bond donors (Lipinski definition) is 1. The highest BCUT2D eigenvalue weighted by Gasteiger charge is 2.28. The molecule has 1 fully saturated rings. The first kappa shape index (κ1) is 13.1. The van der Waals surface area contributed by atoms with E-state index >= 15 is 0 Å². The number of nitrogens with zero attached hydrogens (tertiary/aromatic N) is 2. The molecule has 104 valence electrons. The summed E-state index contributed by atoms with van der Waals surface area (Å²) in [6.45, 7) is 5.79. The molecule has 0 spiro atoms. The Morgan fingerprint density at radius 3 is 2.70 bits per heavy atom. The highest BCUT2D eigenvalue weighted by atomic mass is 16.3. The highest BCUT2D eigenvalue weighted by molar-refractivity contribution is 6.17. The molecule has 1 unspecified atom stereocenters. The van der Waals surface area contributed by atoms with Crippen molar-refractivity contribution in [3.63, 3.8) is 0 Å². The molecule has 20 heavy (non-hydrogen) atoms. The third kappa shape index (κ3) is 2.16. The van der Waals surface area contributed by atoms with Gasteiger partial charge in [-0.2, -0.15) is 0 Å². The van der Waals surface area contributed by atoms with Crippen LogP contribution in [0.2, 0.25) is 0 Å². The Hall–Kier alpha value is -1.94. The molecule has 3 rings (SSSR count). The number of para-hydroxylation sites is 1. The van der Waals surface area contributed by atoms with Crippen LogP contribution < -0.4 is 10.6 Å². The van der Waals surface area contributed by atoms with E-state index in [0.29, 0.717) is 16.6 Å². The number of fused-ring (bicyclic) bond motifs is 1. The van der Waals surface area contributed by atoms with Crippen molar-refractivity contribution < 1.29 is 9.90 Å². The van der Waals surface area contributed by atoms with Crippen LogP contribution in [0, 0.1) is 0 Å². The van der Waals surface area contributed by atoms with E-state index in [1.165, 1.54) is 6.42 Å². The summed E-state index contributed by atoms with van der Waals surface area (Å²) in [5.74, 6) is -0.350. The lowest BCUT2D eigenvalue weighted by Gasteiger charge is -2.32. The smallest absolute Gasteiger partial charge is 0.277 e. The normalized spacial score (nSPS) is 19.6. The predicted octanol–water partition coefficient (Wildman–Crippen LogP) is 0.358. The second-order valence-corrected chi connectivity index (χ2v) is 5.29. The van der Waals surface area contributed by atoms with E-state index in [0.717, 1.165) is 31.1 Å². The number of rotatable bonds is 3. The number of benzene rings is 1. The fraction of sp³-hybridized carbons (Fsp3) is 0.375. The van der Waals surface area contributed by atoms with E-state index < -0.39 is 6.10 Å². The van der Waals surface area contributed by atoms with Crippen LogP contribution in [0.5, 0.6) is 0 Å². The van der Waals surface area contributed by atoms with Crippen molar-refractivity contribution in [2.24, 2.45) is 4.99 Å². The Morgan fingerprint density at radius 2 is 1.95 bits per heavy atom. The molecule has 0 aliphatic carbocycles. The van der Waals surface area contributed by atoms with Crippen LogP contribution in [0.25, 0.3) is 5.57 Å². The summed E-state index contributed by atoms with van der Waals surface area (Å²) < 4.78 is 0. The van der Waals surface area contributed by atoms with Gasteiger partial charge in [0.05, 0.1) is 10.9 Å². The van der Waals surface area contributed by atoms with Crippen LogP contribution in [0.1, 0.15) is 19.3 Å². The van der Waals surface area contributed by atoms with Crippen molar-refractivity contribution in [3.8, 4) is 0 Å². The Kier molecular flexibility index (Phi) is 3.40. The maximum atomic E-state index is 12.0. The Morgan fingerprint density at radius 1 is 1.25 bits per heavy atom. The third-order valence-corrected chi connectivity index (χ3v) is 4.00. The lowest BCUT2D eigenvalue weighted by atomic mass is 10.0. The van der Waals surface area contributed by atoms with Crippen LogP contribution in [0.4, 0.5) is 0 Å². The molecule has 2 aliphatic rings. The molecule has 2 heterocycles. The maximum Gasteiger partial charge on any atom is 0.277 e. The van der Waals surface area contributed by atoms with E-state index in [1.54, 1.807) is 6.07 Å². The van der Waals surface area contributed by atoms with Crippen LogP contribution in [0.15, 0.2) is 41.5 Å². The number of likely N-dealkylation sites (tertiary alicyclic amines) is 1. The summed E-state index contributed by atoms with van der Waals surface area (Å²) in [4.78, 5) is 18.1. The molecule has 4 heteroatoms. The zero-order chi connectivity index (χ0) is 14.1. The molecule has 1 amide bonds. The molecule has 2 aliphatic heterocycles. The number of amides is 1. The zero-order valence-corrected chi connectivity index (χ0v) is 11.4. The first-order valence-corrected chi connectivity index (χ1v) is 7.02. The highest BCUT2D eigenvalue weighted by Crippen LogP contribution is 2.21. The number of carbonyl (C=O) groups is 1. The van der Waals surface area contributed by atoms with Gasteiger partial charge in [0.25, 0.3) is 5.91 Å². The first-order valence-electron chi connectivity index (χ1n) is 7.02. The van der Waals surface area contributed by atoms with Crippen LogP contribution >= 0.6 is 0 Å². The second kappa shape index (κ2) is 5.21. The minimum atomic E-state index is -0.965. The van der Waals surface area contributed by atoms with Gasteiger partial charge in [-0.05, 0) is 25.3 Å². The SMILES string of the molecule is C=C(C(O)C1=c2ccccc2=NC1=O)N1CCCCC1. The third-order valence-electron chi connectivity index (χ3n) is 4.00. The van der Waals surface area contributed by atoms with Crippen molar-refractivity contribution in [2.75, 3.05) is 13.1 Å². The first-order chi connectivity index (χ1) is 9.68. The molecule has 1 atom stereocenters. The molecule has 0 saturated carbocycles. The number of aliphatic hydroxyl groups is 1. The number of hydrogen-bond acceptors (Lipinski definition) is 3. The summed E-state index contributed by atoms with van der Waals surface area (Å²) in [7, 11) is 0. The fourth-order valence-corrected chi connectivity index (χ4v) is 2.87. The standard InChI is InChI=1S/C16H18N2O2/c1-11(18-9-5-2-6-10-18)15(19)14-12-7-3-4-8-13(12)17-16(14)20/h3-4,7-8,15,19H,1-2,5-6,9-10H2. The van der Waals surface area contributed by atoms with E-state index in [2.05, 4.69) is 16.5 Å². The topological polar surface area (TPSA) is 52.9 Å². The van der Waals surface area contributed by atoms with Crippen LogP contribution in [0.3, 0.4) is 0 Å². The van der Waals surface area contributed by atoms with Crippen LogP contribution in [-0.2, 0) is 4.79 Å². The van der Waals surface area contributed by atoms with Crippen molar-refractivity contribution >= 4 is 11.5 Å². The minimum Gasteiger partial charge on any atom is -0.382 e. The largest absolute Gasteiger partial charge is 0.382 e. The lowest BCUT2D eigenvalue weighted by molar-refractivity contribution is -0.113. The van der Waals surface area contributed by atoms with Gasteiger partial charge in [0.2, 0.25) is 0 Å². The Labute approximate surface area is 117 Å². The van der Waals surface area contributed by atoms with Gasteiger partial charge in [0, 0.05) is 24.0 Å². The van der Waals surface area contributed by atoms with Crippen molar-refractivity contribution in [2.45, 2.75) is 25.4 Å². The predicted molar refractivity (Wildman–Crippen MR) is 76.2 cm³/mol. The van der Waals surface area contributed by atoms with E-state index in [9.17, 15) is 9.90 Å². The summed E-state index contributed by atoms with van der Waals surface area (Å²) in [5, 5.41) is 11.9. The Balaban J connectivity index is 1.95. The molecular weight excluding hydrogens is 252 g/mol. The average Bonchev–Trinajstić information content (AvgIpc) is 2.82. The van der Waals surface area contributed by atoms with Gasteiger partial charge >= 0.3 is 0 Å². The summed E-state index contributed by atoms with van der Waals surface area (Å²) in [6.07, 6.45) is 2.47. The summed E-state index contributed by atoms with van der Waals surface area (Å²) >= 11 is 0. The number of carbonyl (C=O) groups excluding carboxylic acids is 1. The van der Waals surface area contributed by atoms with Crippen molar-refractivity contribution in [1.29, 1.82) is 0 Å².